The molecule has 2 saturated heterocycles. The van der Waals surface area contributed by atoms with Crippen molar-refractivity contribution in [1.82, 2.24) is 14.5 Å². The number of hydrogen-bond acceptors (Lipinski definition) is 6. The summed E-state index contributed by atoms with van der Waals surface area (Å²) in [5, 5.41) is 2.96. The molecule has 2 aliphatic rings. The van der Waals surface area contributed by atoms with Gasteiger partial charge in [-0.2, -0.15) is 4.31 Å². The van der Waals surface area contributed by atoms with Gasteiger partial charge < -0.3 is 14.8 Å². The predicted octanol–water partition coefficient (Wildman–Crippen LogP) is 2.17. The van der Waals surface area contributed by atoms with Crippen molar-refractivity contribution in [2.24, 2.45) is 0 Å². The highest BCUT2D eigenvalue weighted by atomic mass is 32.2. The van der Waals surface area contributed by atoms with Crippen LogP contribution >= 0.6 is 0 Å². The molecule has 8 nitrogen and oxygen atoms in total. The lowest BCUT2D eigenvalue weighted by atomic mass is 10.0. The molecule has 1 atom stereocenters. The number of sulfonamides is 1. The number of hydrogen-bond donors (Lipinski definition) is 1. The largest absolute Gasteiger partial charge is 0.497 e. The third kappa shape index (κ3) is 5.73. The molecule has 2 aromatic carbocycles. The second kappa shape index (κ2) is 10.6. The molecule has 178 valence electrons. The van der Waals surface area contributed by atoms with Crippen LogP contribution in [0.1, 0.15) is 30.0 Å². The third-order valence-electron chi connectivity index (χ3n) is 6.23. The van der Waals surface area contributed by atoms with Crippen molar-refractivity contribution < 1.29 is 22.7 Å². The van der Waals surface area contributed by atoms with Crippen molar-refractivity contribution in [2.75, 3.05) is 46.5 Å². The van der Waals surface area contributed by atoms with E-state index in [1.807, 2.05) is 12.1 Å². The van der Waals surface area contributed by atoms with Crippen LogP contribution in [-0.4, -0.2) is 70.0 Å². The Balaban J connectivity index is 1.30. The monoisotopic (exact) mass is 473 g/mol. The summed E-state index contributed by atoms with van der Waals surface area (Å²) < 4.78 is 37.4. The van der Waals surface area contributed by atoms with E-state index in [1.54, 1.807) is 31.4 Å². The van der Waals surface area contributed by atoms with Crippen molar-refractivity contribution in [3.63, 3.8) is 0 Å². The van der Waals surface area contributed by atoms with E-state index in [0.717, 1.165) is 30.7 Å². The number of amides is 1. The molecule has 0 radical (unpaired) electrons. The van der Waals surface area contributed by atoms with Gasteiger partial charge in [0.15, 0.2) is 0 Å². The van der Waals surface area contributed by atoms with E-state index in [1.165, 1.54) is 9.87 Å². The van der Waals surface area contributed by atoms with Crippen molar-refractivity contribution in [3.05, 3.63) is 59.7 Å². The molecule has 1 amide bonds. The fourth-order valence-electron chi connectivity index (χ4n) is 4.38. The van der Waals surface area contributed by atoms with Crippen LogP contribution in [-0.2, 0) is 26.1 Å². The maximum atomic E-state index is 12.7. The Bertz CT molecular complexity index is 1030. The predicted molar refractivity (Wildman–Crippen MR) is 124 cm³/mol. The summed E-state index contributed by atoms with van der Waals surface area (Å²) in [6.07, 6.45) is 2.09. The quantitative estimate of drug-likeness (QED) is 0.632. The van der Waals surface area contributed by atoms with Crippen molar-refractivity contribution in [1.29, 1.82) is 0 Å². The average molecular weight is 474 g/mol. The molecule has 0 spiro atoms. The van der Waals surface area contributed by atoms with Crippen LogP contribution in [0.2, 0.25) is 0 Å². The average Bonchev–Trinajstić information content (AvgIpc) is 3.31. The maximum absolute atomic E-state index is 12.7. The van der Waals surface area contributed by atoms with Gasteiger partial charge >= 0.3 is 0 Å². The van der Waals surface area contributed by atoms with Crippen LogP contribution in [0.5, 0.6) is 5.75 Å². The highest BCUT2D eigenvalue weighted by Crippen LogP contribution is 2.32. The van der Waals surface area contributed by atoms with Crippen LogP contribution in [0.25, 0.3) is 0 Å². The number of methoxy groups -OCH3 is 1. The van der Waals surface area contributed by atoms with Gasteiger partial charge in [0, 0.05) is 25.7 Å². The summed E-state index contributed by atoms with van der Waals surface area (Å²) in [5.41, 5.74) is 2.05. The molecule has 1 N–H and O–H groups in total. The minimum Gasteiger partial charge on any atom is -0.497 e. The number of carbonyl (C=O) groups is 1. The maximum Gasteiger partial charge on any atom is 0.243 e. The highest BCUT2D eigenvalue weighted by molar-refractivity contribution is 7.89. The summed E-state index contributed by atoms with van der Waals surface area (Å²) in [7, 11) is -1.86. The summed E-state index contributed by atoms with van der Waals surface area (Å²) in [6.45, 7) is 3.15. The molecule has 0 bridgehead atoms. The molecular weight excluding hydrogens is 442 g/mol. The first-order valence-electron chi connectivity index (χ1n) is 11.3. The molecule has 0 saturated carbocycles. The lowest BCUT2D eigenvalue weighted by Crippen LogP contribution is -2.40. The van der Waals surface area contributed by atoms with Gasteiger partial charge in [-0.25, -0.2) is 8.42 Å². The van der Waals surface area contributed by atoms with Crippen LogP contribution in [0.4, 0.5) is 0 Å². The van der Waals surface area contributed by atoms with E-state index in [0.29, 0.717) is 39.4 Å². The molecule has 4 rings (SSSR count). The lowest BCUT2D eigenvalue weighted by molar-refractivity contribution is -0.122. The second-order valence-corrected chi connectivity index (χ2v) is 10.3. The number of carbonyl (C=O) groups excluding carboxylic acids is 1. The second-order valence-electron chi connectivity index (χ2n) is 8.34. The molecule has 33 heavy (non-hydrogen) atoms. The molecule has 2 fully saturated rings. The van der Waals surface area contributed by atoms with Crippen LogP contribution in [0, 0.1) is 0 Å². The molecule has 1 unspecified atom stereocenters. The molecule has 9 heteroatoms. The molecule has 2 aliphatic heterocycles. The van der Waals surface area contributed by atoms with Gasteiger partial charge in [-0.15, -0.1) is 0 Å². The number of nitrogens with one attached hydrogen (secondary N) is 1. The van der Waals surface area contributed by atoms with Crippen LogP contribution in [0.15, 0.2) is 53.4 Å². The Morgan fingerprint density at radius 1 is 1.06 bits per heavy atom. The standard InChI is InChI=1S/C24H31N3O5S/c1-31-21-8-6-20(7-9-21)23-3-2-12-26(23)18-24(28)25-17-19-4-10-22(11-5-19)33(29,30)27-13-15-32-16-14-27/h4-11,23H,2-3,12-18H2,1H3,(H,25,28). The van der Waals surface area contributed by atoms with Gasteiger partial charge in [0.1, 0.15) is 5.75 Å². The summed E-state index contributed by atoms with van der Waals surface area (Å²) >= 11 is 0. The summed E-state index contributed by atoms with van der Waals surface area (Å²) in [6, 6.07) is 15.0. The van der Waals surface area contributed by atoms with E-state index in [-0.39, 0.29) is 16.8 Å². The van der Waals surface area contributed by atoms with E-state index >= 15 is 0 Å². The Morgan fingerprint density at radius 3 is 2.42 bits per heavy atom. The normalized spacial score (nSPS) is 20.0. The molecule has 0 aromatic heterocycles. The molecule has 2 aromatic rings. The number of morpholine rings is 1. The Hall–Kier alpha value is -2.46. The minimum absolute atomic E-state index is 0.0413. The van der Waals surface area contributed by atoms with E-state index in [4.69, 9.17) is 9.47 Å². The van der Waals surface area contributed by atoms with Gasteiger partial charge in [-0.3, -0.25) is 9.69 Å². The highest BCUT2D eigenvalue weighted by Gasteiger charge is 2.28. The Kier molecular flexibility index (Phi) is 7.64. The fraction of sp³-hybridized carbons (Fsp3) is 0.458. The zero-order chi connectivity index (χ0) is 23.3. The summed E-state index contributed by atoms with van der Waals surface area (Å²) in [5.74, 6) is 0.783. The number of likely N-dealkylation sites (tertiary alicyclic amines) is 1. The Labute approximate surface area is 195 Å². The Morgan fingerprint density at radius 2 is 1.76 bits per heavy atom. The first-order valence-corrected chi connectivity index (χ1v) is 12.7. The van der Waals surface area contributed by atoms with Gasteiger partial charge in [0.2, 0.25) is 15.9 Å². The van der Waals surface area contributed by atoms with E-state index in [9.17, 15) is 13.2 Å². The zero-order valence-electron chi connectivity index (χ0n) is 18.9. The topological polar surface area (TPSA) is 88.2 Å². The SMILES string of the molecule is COc1ccc(C2CCCN2CC(=O)NCc2ccc(S(=O)(=O)N3CCOCC3)cc2)cc1. The molecule has 2 heterocycles. The number of ether oxygens (including phenoxy) is 2. The van der Waals surface area contributed by atoms with E-state index < -0.39 is 10.0 Å². The molecule has 0 aliphatic carbocycles. The van der Waals surface area contributed by atoms with E-state index in [2.05, 4.69) is 22.3 Å². The fourth-order valence-corrected chi connectivity index (χ4v) is 5.78. The third-order valence-corrected chi connectivity index (χ3v) is 8.14. The van der Waals surface area contributed by atoms with Crippen molar-refractivity contribution >= 4 is 15.9 Å². The van der Waals surface area contributed by atoms with Gasteiger partial charge in [-0.05, 0) is 54.8 Å². The van der Waals surface area contributed by atoms with Crippen molar-refractivity contribution in [2.45, 2.75) is 30.3 Å². The number of nitrogens with zero attached hydrogens (tertiary/aromatic N) is 2. The molecular formula is C24H31N3O5S. The van der Waals surface area contributed by atoms with Gasteiger partial charge in [0.05, 0.1) is 31.8 Å². The smallest absolute Gasteiger partial charge is 0.243 e. The van der Waals surface area contributed by atoms with Crippen LogP contribution in [0.3, 0.4) is 0 Å². The lowest BCUT2D eigenvalue weighted by Gasteiger charge is -2.26. The van der Waals surface area contributed by atoms with Gasteiger partial charge in [-0.1, -0.05) is 24.3 Å². The summed E-state index contributed by atoms with van der Waals surface area (Å²) in [4.78, 5) is 15.1. The van der Waals surface area contributed by atoms with Crippen molar-refractivity contribution in [3.8, 4) is 5.75 Å². The first kappa shape index (κ1) is 23.7. The number of rotatable bonds is 8. The number of benzene rings is 2. The van der Waals surface area contributed by atoms with Gasteiger partial charge in [0.25, 0.3) is 0 Å². The first-order chi connectivity index (χ1) is 16.0. The minimum atomic E-state index is -3.51. The van der Waals surface area contributed by atoms with Crippen LogP contribution < -0.4 is 10.1 Å². The zero-order valence-corrected chi connectivity index (χ0v) is 19.7.